The summed E-state index contributed by atoms with van der Waals surface area (Å²) < 4.78 is 55.6. The van der Waals surface area contributed by atoms with Crippen molar-refractivity contribution in [2.45, 2.75) is 17.4 Å². The maximum atomic E-state index is 13.9. The highest BCUT2D eigenvalue weighted by atomic mass is 32.2. The number of ketones is 1. The minimum atomic E-state index is -4.46. The van der Waals surface area contributed by atoms with Crippen molar-refractivity contribution < 1.29 is 37.0 Å². The van der Waals surface area contributed by atoms with Gasteiger partial charge in [-0.1, -0.05) is 24.3 Å². The van der Waals surface area contributed by atoms with Crippen molar-refractivity contribution in [2.75, 3.05) is 0 Å². The molecule has 39 heavy (non-hydrogen) atoms. The number of carbonyl (C=O) groups excluding carboxylic acids is 1. The number of allylic oxidation sites excluding steroid dienone is 1. The summed E-state index contributed by atoms with van der Waals surface area (Å²) in [6.07, 6.45) is 0.327. The Morgan fingerprint density at radius 1 is 1.00 bits per heavy atom. The van der Waals surface area contributed by atoms with E-state index in [2.05, 4.69) is 9.97 Å². The lowest BCUT2D eigenvalue weighted by atomic mass is 9.98. The number of carboxylic acids is 1. The van der Waals surface area contributed by atoms with Gasteiger partial charge in [-0.25, -0.2) is 22.2 Å². The van der Waals surface area contributed by atoms with Crippen LogP contribution in [-0.4, -0.2) is 52.6 Å². The normalized spacial score (nSPS) is 13.1. The van der Waals surface area contributed by atoms with Crippen LogP contribution in [0.25, 0.3) is 22.4 Å². The Labute approximate surface area is 220 Å². The minimum absolute atomic E-state index is 0.147. The molecule has 4 rings (SSSR count). The van der Waals surface area contributed by atoms with Crippen LogP contribution in [0.15, 0.2) is 71.6 Å². The summed E-state index contributed by atoms with van der Waals surface area (Å²) in [5.41, 5.74) is -0.204. The number of benzene rings is 3. The van der Waals surface area contributed by atoms with E-state index in [9.17, 15) is 37.0 Å². The summed E-state index contributed by atoms with van der Waals surface area (Å²) in [6.45, 7) is 0. The maximum absolute atomic E-state index is 13.9. The van der Waals surface area contributed by atoms with Crippen LogP contribution in [0.4, 0.5) is 8.78 Å². The average molecular weight is 555 g/mol. The van der Waals surface area contributed by atoms with Crippen LogP contribution in [0.3, 0.4) is 0 Å². The van der Waals surface area contributed by atoms with Gasteiger partial charge in [-0.2, -0.15) is 4.72 Å². The van der Waals surface area contributed by atoms with Crippen LogP contribution < -0.4 is 4.72 Å². The zero-order chi connectivity index (χ0) is 28.3. The van der Waals surface area contributed by atoms with Crippen molar-refractivity contribution in [1.29, 1.82) is 5.41 Å². The SMILES string of the molecule is N=CCC(NS(=O)(=O)c1cccc(C(=O)C(=C(O)c2cc(F)cc(F)c2)c2nc3ccccc3[nH]2)c1)C(=O)O. The van der Waals surface area contributed by atoms with Crippen LogP contribution in [0, 0.1) is 17.0 Å². The van der Waals surface area contributed by atoms with E-state index in [4.69, 9.17) is 5.41 Å². The van der Waals surface area contributed by atoms with Gasteiger partial charge >= 0.3 is 5.97 Å². The number of H-pyrrole nitrogens is 1. The Balaban J connectivity index is 1.84. The van der Waals surface area contributed by atoms with Gasteiger partial charge in [0.15, 0.2) is 0 Å². The second-order valence-corrected chi connectivity index (χ2v) is 10.0. The van der Waals surface area contributed by atoms with Crippen molar-refractivity contribution in [1.82, 2.24) is 14.7 Å². The number of imidazole rings is 1. The molecule has 200 valence electrons. The number of fused-ring (bicyclic) bond motifs is 1. The topological polar surface area (TPSA) is 173 Å². The molecule has 4 aromatic rings. The van der Waals surface area contributed by atoms with Gasteiger partial charge in [-0.05, 0) is 42.6 Å². The molecule has 10 nitrogen and oxygen atoms in total. The van der Waals surface area contributed by atoms with E-state index >= 15 is 0 Å². The van der Waals surface area contributed by atoms with E-state index in [-0.39, 0.29) is 17.0 Å². The van der Waals surface area contributed by atoms with Crippen LogP contribution in [0.1, 0.15) is 28.2 Å². The Kier molecular flexibility index (Phi) is 7.65. The summed E-state index contributed by atoms with van der Waals surface area (Å²) in [4.78, 5) is 31.8. The lowest BCUT2D eigenvalue weighted by molar-refractivity contribution is -0.138. The van der Waals surface area contributed by atoms with E-state index in [0.717, 1.165) is 30.5 Å². The number of Topliss-reactive ketones (excluding diaryl/α,β-unsaturated/α-hetero) is 1. The first kappa shape index (κ1) is 27.3. The van der Waals surface area contributed by atoms with Gasteiger partial charge in [0, 0.05) is 23.6 Å². The molecule has 0 aliphatic rings. The van der Waals surface area contributed by atoms with Gasteiger partial charge in [0.1, 0.15) is 34.8 Å². The van der Waals surface area contributed by atoms with Crippen molar-refractivity contribution in [3.05, 3.63) is 95.3 Å². The molecule has 0 radical (unpaired) electrons. The van der Waals surface area contributed by atoms with Crippen LogP contribution >= 0.6 is 0 Å². The number of nitrogens with one attached hydrogen (secondary N) is 3. The Hall–Kier alpha value is -4.75. The highest BCUT2D eigenvalue weighted by molar-refractivity contribution is 7.89. The van der Waals surface area contributed by atoms with Gasteiger partial charge in [0.25, 0.3) is 0 Å². The van der Waals surface area contributed by atoms with Crippen molar-refractivity contribution in [3.63, 3.8) is 0 Å². The van der Waals surface area contributed by atoms with Gasteiger partial charge in [-0.3, -0.25) is 9.59 Å². The highest BCUT2D eigenvalue weighted by Crippen LogP contribution is 2.29. The number of aliphatic hydroxyl groups is 1. The fourth-order valence-corrected chi connectivity index (χ4v) is 5.00. The first-order valence-electron chi connectivity index (χ1n) is 11.2. The zero-order valence-electron chi connectivity index (χ0n) is 19.9. The van der Waals surface area contributed by atoms with Gasteiger partial charge < -0.3 is 20.6 Å². The van der Waals surface area contributed by atoms with Gasteiger partial charge in [0.2, 0.25) is 15.8 Å². The van der Waals surface area contributed by atoms with Gasteiger partial charge in [-0.15, -0.1) is 0 Å². The molecule has 5 N–H and O–H groups in total. The third kappa shape index (κ3) is 5.89. The number of aliphatic hydroxyl groups excluding tert-OH is 1. The number of rotatable bonds is 10. The molecule has 0 aliphatic heterocycles. The van der Waals surface area contributed by atoms with E-state index in [0.29, 0.717) is 17.1 Å². The third-order valence-corrected chi connectivity index (χ3v) is 7.05. The van der Waals surface area contributed by atoms with Crippen LogP contribution in [-0.2, 0) is 14.8 Å². The monoisotopic (exact) mass is 554 g/mol. The molecule has 0 aliphatic carbocycles. The smallest absolute Gasteiger partial charge is 0.322 e. The lowest BCUT2D eigenvalue weighted by Crippen LogP contribution is -2.40. The molecule has 1 atom stereocenters. The zero-order valence-corrected chi connectivity index (χ0v) is 20.7. The number of carbonyl (C=O) groups is 2. The van der Waals surface area contributed by atoms with Gasteiger partial charge in [0.05, 0.1) is 15.9 Å². The molecule has 0 amide bonds. The van der Waals surface area contributed by atoms with E-state index < -0.39 is 62.1 Å². The quantitative estimate of drug-likeness (QED) is 0.0855. The molecule has 0 fully saturated rings. The number of hydrogen-bond donors (Lipinski definition) is 5. The summed E-state index contributed by atoms with van der Waals surface area (Å²) >= 11 is 0. The first-order valence-corrected chi connectivity index (χ1v) is 12.7. The molecule has 0 saturated heterocycles. The molecule has 1 heterocycles. The first-order chi connectivity index (χ1) is 18.5. The lowest BCUT2D eigenvalue weighted by Gasteiger charge is -2.14. The number of para-hydroxylation sites is 2. The number of hydrogen-bond acceptors (Lipinski definition) is 7. The summed E-state index contributed by atoms with van der Waals surface area (Å²) in [6, 6.07) is 11.8. The molecule has 1 unspecified atom stereocenters. The van der Waals surface area contributed by atoms with Crippen molar-refractivity contribution >= 4 is 50.4 Å². The average Bonchev–Trinajstić information content (AvgIpc) is 3.31. The maximum Gasteiger partial charge on any atom is 0.322 e. The largest absolute Gasteiger partial charge is 0.506 e. The predicted molar refractivity (Wildman–Crippen MR) is 138 cm³/mol. The molecule has 0 spiro atoms. The number of aliphatic carboxylic acids is 1. The molecule has 3 aromatic carbocycles. The van der Waals surface area contributed by atoms with E-state index in [1.54, 1.807) is 24.3 Å². The minimum Gasteiger partial charge on any atom is -0.506 e. The van der Waals surface area contributed by atoms with Crippen molar-refractivity contribution in [2.24, 2.45) is 0 Å². The second kappa shape index (κ2) is 10.9. The third-order valence-electron chi connectivity index (χ3n) is 5.58. The molecule has 0 saturated carbocycles. The number of aromatic nitrogens is 2. The van der Waals surface area contributed by atoms with Crippen molar-refractivity contribution in [3.8, 4) is 0 Å². The number of sulfonamides is 1. The van der Waals surface area contributed by atoms with Crippen LogP contribution in [0.5, 0.6) is 0 Å². The Morgan fingerprint density at radius 3 is 2.33 bits per heavy atom. The number of nitrogens with zero attached hydrogens (tertiary/aromatic N) is 1. The Morgan fingerprint density at radius 2 is 1.69 bits per heavy atom. The number of aromatic amines is 1. The standard InChI is InChI=1S/C26H20F2N4O6S/c27-16-10-15(11-17(28)13-16)24(34)22(25-30-19-6-1-2-7-20(19)31-25)23(33)14-4-3-5-18(12-14)39(37,38)32-21(8-9-29)26(35)36/h1-7,9-13,21,29,32,34H,8H2,(H,30,31)(H,35,36). The highest BCUT2D eigenvalue weighted by Gasteiger charge is 2.28. The van der Waals surface area contributed by atoms with E-state index in [1.807, 2.05) is 4.72 Å². The molecule has 13 heteroatoms. The molecule has 1 aromatic heterocycles. The summed E-state index contributed by atoms with van der Waals surface area (Å²) in [5.74, 6) is -5.43. The van der Waals surface area contributed by atoms with E-state index in [1.165, 1.54) is 12.1 Å². The molecule has 0 bridgehead atoms. The second-order valence-electron chi connectivity index (χ2n) is 8.29. The summed E-state index contributed by atoms with van der Waals surface area (Å²) in [5, 5.41) is 27.4. The molecular formula is C26H20F2N4O6S. The Bertz CT molecular complexity index is 1700. The number of halogens is 2. The molecular weight excluding hydrogens is 534 g/mol. The fraction of sp³-hybridized carbons (Fsp3) is 0.0769. The summed E-state index contributed by atoms with van der Waals surface area (Å²) in [7, 11) is -4.46. The van der Waals surface area contributed by atoms with Crippen LogP contribution in [0.2, 0.25) is 0 Å². The number of carboxylic acid groups (broad SMARTS) is 1. The predicted octanol–water partition coefficient (Wildman–Crippen LogP) is 3.92. The fourth-order valence-electron chi connectivity index (χ4n) is 3.75.